The normalized spacial score (nSPS) is 26.5. The van der Waals surface area contributed by atoms with Gasteiger partial charge in [0.25, 0.3) is 0 Å². The second-order valence-corrected chi connectivity index (χ2v) is 6.01. The maximum atomic E-state index is 5.89. The van der Waals surface area contributed by atoms with E-state index in [4.69, 9.17) is 14.5 Å². The first kappa shape index (κ1) is 14.9. The summed E-state index contributed by atoms with van der Waals surface area (Å²) in [6, 6.07) is 0.317. The summed E-state index contributed by atoms with van der Waals surface area (Å²) in [5.41, 5.74) is 0.871. The smallest absolute Gasteiger partial charge is 0.125 e. The van der Waals surface area contributed by atoms with Crippen molar-refractivity contribution in [3.8, 4) is 0 Å². The molecule has 2 heterocycles. The molecule has 5 heteroatoms. The molecule has 0 aliphatic carbocycles. The molecule has 1 aromatic heterocycles. The first-order valence-corrected chi connectivity index (χ1v) is 7.87. The SMILES string of the molecule is CCOC(C)(CC)c1nc(C2CC(OC)CN2)cs1. The second kappa shape index (κ2) is 6.31. The zero-order valence-electron chi connectivity index (χ0n) is 12.2. The fourth-order valence-electron chi connectivity index (χ4n) is 2.43. The Labute approximate surface area is 119 Å². The standard InChI is InChI=1S/C14H24N2O2S/c1-5-14(3,18-6-2)13-16-12(9-19-13)11-7-10(17-4)8-15-11/h9-11,15H,5-8H2,1-4H3. The minimum atomic E-state index is -0.253. The van der Waals surface area contributed by atoms with Crippen LogP contribution >= 0.6 is 11.3 Å². The van der Waals surface area contributed by atoms with E-state index in [2.05, 4.69) is 24.5 Å². The van der Waals surface area contributed by atoms with Crippen molar-refractivity contribution < 1.29 is 9.47 Å². The minimum absolute atomic E-state index is 0.253. The lowest BCUT2D eigenvalue weighted by atomic mass is 10.0. The molecule has 19 heavy (non-hydrogen) atoms. The number of nitrogens with one attached hydrogen (secondary N) is 1. The predicted octanol–water partition coefficient (Wildman–Crippen LogP) is 2.85. The molecule has 108 valence electrons. The van der Waals surface area contributed by atoms with E-state index in [1.807, 2.05) is 6.92 Å². The number of hydrogen-bond acceptors (Lipinski definition) is 5. The molecule has 0 bridgehead atoms. The molecule has 1 saturated heterocycles. The van der Waals surface area contributed by atoms with E-state index in [1.165, 1.54) is 0 Å². The number of ether oxygens (including phenoxy) is 2. The van der Waals surface area contributed by atoms with Crippen molar-refractivity contribution in [2.24, 2.45) is 0 Å². The largest absolute Gasteiger partial charge is 0.380 e. The molecule has 1 aromatic rings. The van der Waals surface area contributed by atoms with Crippen LogP contribution in [-0.2, 0) is 15.1 Å². The summed E-state index contributed by atoms with van der Waals surface area (Å²) in [4.78, 5) is 4.80. The van der Waals surface area contributed by atoms with Gasteiger partial charge < -0.3 is 14.8 Å². The van der Waals surface area contributed by atoms with Crippen molar-refractivity contribution in [2.45, 2.75) is 51.4 Å². The van der Waals surface area contributed by atoms with Gasteiger partial charge >= 0.3 is 0 Å². The fraction of sp³-hybridized carbons (Fsp3) is 0.786. The number of thiazole rings is 1. The van der Waals surface area contributed by atoms with Crippen molar-refractivity contribution in [3.63, 3.8) is 0 Å². The van der Waals surface area contributed by atoms with Gasteiger partial charge in [-0.25, -0.2) is 4.98 Å². The summed E-state index contributed by atoms with van der Waals surface area (Å²) in [6.07, 6.45) is 2.24. The average Bonchev–Trinajstić information content (AvgIpc) is 3.07. The molecule has 1 aliphatic heterocycles. The van der Waals surface area contributed by atoms with Crippen LogP contribution in [0, 0.1) is 0 Å². The summed E-state index contributed by atoms with van der Waals surface area (Å²) < 4.78 is 11.3. The van der Waals surface area contributed by atoms with Crippen LogP contribution in [0.5, 0.6) is 0 Å². The van der Waals surface area contributed by atoms with Crippen LogP contribution in [0.3, 0.4) is 0 Å². The Balaban J connectivity index is 2.10. The second-order valence-electron chi connectivity index (χ2n) is 5.15. The van der Waals surface area contributed by atoms with Gasteiger partial charge in [0.15, 0.2) is 0 Å². The molecule has 2 rings (SSSR count). The number of hydrogen-bond donors (Lipinski definition) is 1. The maximum Gasteiger partial charge on any atom is 0.125 e. The number of aromatic nitrogens is 1. The fourth-order valence-corrected chi connectivity index (χ4v) is 3.49. The highest BCUT2D eigenvalue weighted by Gasteiger charge is 2.31. The third kappa shape index (κ3) is 3.16. The number of methoxy groups -OCH3 is 1. The summed E-state index contributed by atoms with van der Waals surface area (Å²) in [5, 5.41) is 6.70. The van der Waals surface area contributed by atoms with Gasteiger partial charge in [-0.3, -0.25) is 0 Å². The van der Waals surface area contributed by atoms with E-state index >= 15 is 0 Å². The summed E-state index contributed by atoms with van der Waals surface area (Å²) in [6.45, 7) is 7.92. The van der Waals surface area contributed by atoms with Crippen molar-refractivity contribution in [2.75, 3.05) is 20.3 Å². The molecule has 4 nitrogen and oxygen atoms in total. The molecule has 0 amide bonds. The van der Waals surface area contributed by atoms with Crippen LogP contribution < -0.4 is 5.32 Å². The lowest BCUT2D eigenvalue weighted by Gasteiger charge is -2.25. The summed E-state index contributed by atoms with van der Waals surface area (Å²) in [7, 11) is 1.77. The molecule has 0 spiro atoms. The van der Waals surface area contributed by atoms with Gasteiger partial charge in [0, 0.05) is 25.6 Å². The van der Waals surface area contributed by atoms with Crippen molar-refractivity contribution in [3.05, 3.63) is 16.1 Å². The van der Waals surface area contributed by atoms with Gasteiger partial charge in [0.05, 0.1) is 17.8 Å². The summed E-state index contributed by atoms with van der Waals surface area (Å²) >= 11 is 1.70. The van der Waals surface area contributed by atoms with Crippen LogP contribution in [0.25, 0.3) is 0 Å². The van der Waals surface area contributed by atoms with E-state index < -0.39 is 0 Å². The molecular weight excluding hydrogens is 260 g/mol. The highest BCUT2D eigenvalue weighted by molar-refractivity contribution is 7.09. The lowest BCUT2D eigenvalue weighted by Crippen LogP contribution is -2.25. The van der Waals surface area contributed by atoms with Gasteiger partial charge in [-0.15, -0.1) is 11.3 Å². The Morgan fingerprint density at radius 1 is 1.53 bits per heavy atom. The van der Waals surface area contributed by atoms with E-state index in [-0.39, 0.29) is 5.60 Å². The molecular formula is C14H24N2O2S. The average molecular weight is 284 g/mol. The minimum Gasteiger partial charge on any atom is -0.380 e. The van der Waals surface area contributed by atoms with Crippen molar-refractivity contribution in [1.82, 2.24) is 10.3 Å². The topological polar surface area (TPSA) is 43.4 Å². The third-order valence-corrected chi connectivity index (χ3v) is 5.00. The van der Waals surface area contributed by atoms with Crippen LogP contribution in [-0.4, -0.2) is 31.3 Å². The Morgan fingerprint density at radius 3 is 2.89 bits per heavy atom. The number of nitrogens with zero attached hydrogens (tertiary/aromatic N) is 1. The van der Waals surface area contributed by atoms with Crippen molar-refractivity contribution in [1.29, 1.82) is 0 Å². The first-order valence-electron chi connectivity index (χ1n) is 6.99. The predicted molar refractivity (Wildman–Crippen MR) is 77.5 cm³/mol. The lowest BCUT2D eigenvalue weighted by molar-refractivity contribution is -0.0325. The van der Waals surface area contributed by atoms with Gasteiger partial charge in [-0.1, -0.05) is 6.92 Å². The third-order valence-electron chi connectivity index (χ3n) is 3.89. The maximum absolute atomic E-state index is 5.89. The molecule has 0 saturated carbocycles. The molecule has 0 aromatic carbocycles. The Kier molecular flexibility index (Phi) is 4.95. The zero-order chi connectivity index (χ0) is 13.9. The van der Waals surface area contributed by atoms with Gasteiger partial charge in [0.2, 0.25) is 0 Å². The Morgan fingerprint density at radius 2 is 2.32 bits per heavy atom. The van der Waals surface area contributed by atoms with Crippen LogP contribution in [0.2, 0.25) is 0 Å². The molecule has 1 N–H and O–H groups in total. The van der Waals surface area contributed by atoms with E-state index in [0.29, 0.717) is 18.8 Å². The molecule has 3 atom stereocenters. The molecule has 3 unspecified atom stereocenters. The highest BCUT2D eigenvalue weighted by Crippen LogP contribution is 2.34. The highest BCUT2D eigenvalue weighted by atomic mass is 32.1. The Bertz CT molecular complexity index is 410. The van der Waals surface area contributed by atoms with E-state index in [1.54, 1.807) is 18.4 Å². The quantitative estimate of drug-likeness (QED) is 0.872. The first-order chi connectivity index (χ1) is 9.12. The van der Waals surface area contributed by atoms with E-state index in [9.17, 15) is 0 Å². The van der Waals surface area contributed by atoms with Crippen molar-refractivity contribution >= 4 is 11.3 Å². The van der Waals surface area contributed by atoms with Crippen LogP contribution in [0.15, 0.2) is 5.38 Å². The number of rotatable bonds is 6. The van der Waals surface area contributed by atoms with Gasteiger partial charge in [0.1, 0.15) is 10.6 Å². The molecule has 1 aliphatic rings. The molecule has 0 radical (unpaired) electrons. The zero-order valence-corrected chi connectivity index (χ0v) is 13.0. The summed E-state index contributed by atoms with van der Waals surface area (Å²) in [5.74, 6) is 0. The van der Waals surface area contributed by atoms with Crippen LogP contribution in [0.4, 0.5) is 0 Å². The molecule has 1 fully saturated rings. The van der Waals surface area contributed by atoms with Gasteiger partial charge in [-0.2, -0.15) is 0 Å². The van der Waals surface area contributed by atoms with E-state index in [0.717, 1.165) is 30.1 Å². The van der Waals surface area contributed by atoms with Gasteiger partial charge in [-0.05, 0) is 26.7 Å². The van der Waals surface area contributed by atoms with Crippen LogP contribution in [0.1, 0.15) is 50.4 Å². The Hall–Kier alpha value is -0.490. The monoisotopic (exact) mass is 284 g/mol.